The summed E-state index contributed by atoms with van der Waals surface area (Å²) in [5.41, 5.74) is 11.2. The van der Waals surface area contributed by atoms with Crippen LogP contribution in [-0.4, -0.2) is 62.4 Å². The highest BCUT2D eigenvalue weighted by Crippen LogP contribution is 2.31. The number of nitrogens with two attached hydrogens (primary N) is 2. The number of benzene rings is 2. The second-order valence-electron chi connectivity index (χ2n) is 6.90. The molecule has 2 rings (SSSR count). The molecule has 0 aliphatic carbocycles. The van der Waals surface area contributed by atoms with E-state index < -0.39 is 54.9 Å². The molecule has 0 saturated heterocycles. The molecule has 0 saturated carbocycles. The quantitative estimate of drug-likeness (QED) is 0.383. The molecular weight excluding hydrogens is 544 g/mol. The Morgan fingerprint density at radius 1 is 1.00 bits per heavy atom. The van der Waals surface area contributed by atoms with Crippen molar-refractivity contribution in [2.45, 2.75) is 41.1 Å². The summed E-state index contributed by atoms with van der Waals surface area (Å²) in [6.45, 7) is 6.47. The Morgan fingerprint density at radius 2 is 1.51 bits per heavy atom. The topological polar surface area (TPSA) is 157 Å². The maximum Gasteiger partial charge on any atom is 0.170 e. The first-order valence-electron chi connectivity index (χ1n) is 16.8. The van der Waals surface area contributed by atoms with Gasteiger partial charge in [-0.25, -0.2) is 16.8 Å². The maximum atomic E-state index is 11.8. The lowest BCUT2D eigenvalue weighted by molar-refractivity contribution is 0.310. The molecule has 0 aliphatic heterocycles. The lowest BCUT2D eigenvalue weighted by Crippen LogP contribution is -2.20. The average molecular weight is 601 g/mol. The number of hydrogen-bond acceptors (Lipinski definition) is 10. The van der Waals surface area contributed by atoms with Crippen molar-refractivity contribution in [2.75, 3.05) is 45.6 Å². The van der Waals surface area contributed by atoms with Gasteiger partial charge in [0.2, 0.25) is 0 Å². The van der Waals surface area contributed by atoms with Crippen LogP contribution in [0.1, 0.15) is 65.9 Å². The van der Waals surface area contributed by atoms with E-state index in [-0.39, 0.29) is 11.1 Å². The second-order valence-corrected chi connectivity index (χ2v) is 9.63. The number of rotatable bonds is 11. The number of sulfone groups is 2. The van der Waals surface area contributed by atoms with E-state index in [1.165, 1.54) is 58.0 Å². The summed E-state index contributed by atoms with van der Waals surface area (Å²) in [5.74, 6) is 0.387. The van der Waals surface area contributed by atoms with Crippen molar-refractivity contribution in [3.8, 4) is 23.0 Å². The Bertz CT molecular complexity index is 1570. The zero-order chi connectivity index (χ0) is 39.0. The van der Waals surface area contributed by atoms with Gasteiger partial charge in [0.05, 0.1) is 47.0 Å². The Morgan fingerprint density at radius 3 is 1.97 bits per heavy atom. The summed E-state index contributed by atoms with van der Waals surface area (Å²) in [7, 11) is -5.22. The second kappa shape index (κ2) is 18.3. The van der Waals surface area contributed by atoms with Gasteiger partial charge in [0.15, 0.2) is 32.8 Å². The van der Waals surface area contributed by atoms with Gasteiger partial charge in [0.25, 0.3) is 0 Å². The summed E-state index contributed by atoms with van der Waals surface area (Å²) in [6.07, 6.45) is -6.56. The molecule has 0 aliphatic rings. The van der Waals surface area contributed by atoms with E-state index in [9.17, 15) is 16.8 Å². The van der Waals surface area contributed by atoms with Crippen LogP contribution in [0.2, 0.25) is 0 Å². The van der Waals surface area contributed by atoms with Crippen LogP contribution in [0, 0.1) is 0 Å². The van der Waals surface area contributed by atoms with Gasteiger partial charge in [-0.1, -0.05) is 27.3 Å². The van der Waals surface area contributed by atoms with Crippen LogP contribution in [0.25, 0.3) is 5.70 Å². The number of hydrogen-bond donors (Lipinski definition) is 2. The zero-order valence-electron chi connectivity index (χ0n) is 33.0. The molecule has 10 nitrogen and oxygen atoms in total. The predicted octanol–water partition coefficient (Wildman–Crippen LogP) is 4.20. The van der Waals surface area contributed by atoms with Crippen LogP contribution >= 0.6 is 0 Å². The lowest BCUT2D eigenvalue weighted by Gasteiger charge is -2.15. The number of methoxy groups -OCH3 is 2. The molecule has 0 bridgehead atoms. The maximum absolute atomic E-state index is 11.8. The van der Waals surface area contributed by atoms with Crippen LogP contribution in [0.5, 0.6) is 23.0 Å². The third-order valence-corrected chi connectivity index (χ3v) is 5.38. The largest absolute Gasteiger partial charge is 0.493 e. The van der Waals surface area contributed by atoms with Crippen molar-refractivity contribution in [2.24, 2.45) is 11.5 Å². The van der Waals surface area contributed by atoms with E-state index in [0.717, 1.165) is 0 Å². The van der Waals surface area contributed by atoms with Crippen LogP contribution < -0.4 is 30.4 Å². The van der Waals surface area contributed by atoms with Crippen LogP contribution in [0.15, 0.2) is 41.8 Å². The van der Waals surface area contributed by atoms with E-state index in [1.54, 1.807) is 20.8 Å². The van der Waals surface area contributed by atoms with Crippen LogP contribution in [0.4, 0.5) is 0 Å². The fourth-order valence-corrected chi connectivity index (χ4v) is 3.73. The van der Waals surface area contributed by atoms with E-state index in [1.807, 2.05) is 0 Å². The van der Waals surface area contributed by atoms with E-state index in [2.05, 4.69) is 0 Å². The summed E-state index contributed by atoms with van der Waals surface area (Å²) in [6, 6.07) is 6.45. The molecule has 2 aromatic rings. The minimum Gasteiger partial charge on any atom is -0.493 e. The summed E-state index contributed by atoms with van der Waals surface area (Å²) in [4.78, 5) is 0. The van der Waals surface area contributed by atoms with Gasteiger partial charge in [0, 0.05) is 34.9 Å². The minimum absolute atomic E-state index is 0.115. The molecule has 4 N–H and O–H groups in total. The fourth-order valence-electron chi connectivity index (χ4n) is 2.75. The van der Waals surface area contributed by atoms with Crippen molar-refractivity contribution in [3.05, 3.63) is 52.9 Å². The molecule has 1 atom stereocenters. The monoisotopic (exact) mass is 600 g/mol. The van der Waals surface area contributed by atoms with Crippen LogP contribution in [0.3, 0.4) is 0 Å². The summed E-state index contributed by atoms with van der Waals surface area (Å²) in [5, 5.41) is -1.15. The fraction of sp³-hybridized carbons (Fsp3) is 0.481. The molecule has 0 amide bonds. The van der Waals surface area contributed by atoms with Gasteiger partial charge in [-0.05, 0) is 49.7 Å². The van der Waals surface area contributed by atoms with Crippen molar-refractivity contribution in [1.82, 2.24) is 0 Å². The van der Waals surface area contributed by atoms with Gasteiger partial charge in [-0.3, -0.25) is 0 Å². The normalized spacial score (nSPS) is 17.1. The first-order chi connectivity index (χ1) is 22.4. The lowest BCUT2D eigenvalue weighted by atomic mass is 10.1. The Hall–Kier alpha value is -2.96. The van der Waals surface area contributed by atoms with Gasteiger partial charge in [-0.15, -0.1) is 0 Å². The van der Waals surface area contributed by atoms with Gasteiger partial charge in [-0.2, -0.15) is 0 Å². The van der Waals surface area contributed by atoms with Crippen molar-refractivity contribution >= 4 is 25.4 Å². The average Bonchev–Trinajstić information content (AvgIpc) is 3.00. The third kappa shape index (κ3) is 14.7. The highest BCUT2D eigenvalue weighted by molar-refractivity contribution is 7.93. The zero-order valence-corrected chi connectivity index (χ0v) is 24.7. The Labute approximate surface area is 249 Å². The van der Waals surface area contributed by atoms with Crippen LogP contribution in [-0.2, 0) is 19.7 Å². The Kier molecular flexibility index (Phi) is 10.7. The Balaban J connectivity index is 0. The molecule has 39 heavy (non-hydrogen) atoms. The minimum atomic E-state index is -4.82. The summed E-state index contributed by atoms with van der Waals surface area (Å²) < 4.78 is 137. The highest BCUT2D eigenvalue weighted by atomic mass is 32.2. The molecule has 12 heteroatoms. The predicted molar refractivity (Wildman–Crippen MR) is 160 cm³/mol. The third-order valence-electron chi connectivity index (χ3n) is 4.20. The molecule has 0 fully saturated rings. The highest BCUT2D eigenvalue weighted by Gasteiger charge is 2.15. The van der Waals surface area contributed by atoms with Gasteiger partial charge < -0.3 is 30.4 Å². The van der Waals surface area contributed by atoms with Gasteiger partial charge >= 0.3 is 0 Å². The SMILES string of the molecule is [2H]C.[2H]C(=C(N)c1ccc(OC)c(OCC)c1)S(=O)(=O)C([2H])([2H])[2H].[2H]C([2H])([2H])S(=O)(=O)C[C@@]([2H])(N)c1ccc(OC)c(OCC)c1.[2H]CC. The molecule has 0 spiro atoms. The summed E-state index contributed by atoms with van der Waals surface area (Å²) >= 11 is 0. The molecule has 0 heterocycles. The first kappa shape index (κ1) is 22.8. The molecule has 0 aromatic heterocycles. The molecule has 2 aromatic carbocycles. The molecule has 0 radical (unpaired) electrons. The van der Waals surface area contributed by atoms with Crippen molar-refractivity contribution < 1.29 is 49.5 Å². The molecular formula is C27H46N2O8S2. The van der Waals surface area contributed by atoms with Crippen molar-refractivity contribution in [3.63, 3.8) is 0 Å². The molecule has 0 unspecified atom stereocenters. The standard InChI is InChI=1S/C12H19NO4S.C12H17NO4S.C2H6.CH4/c2*1-4-17-12-7-9(5-6-11(12)16-2)10(13)8-18(3,14)15;1-2;/h5-7,10H,4,8,13H2,1-3H3;5-8H,4,13H2,1-3H3;1-2H3;1H4/t10-;;;/m1.../s1/i3D3,10D;3D3,8D;2*1D. The first-order valence-corrected chi connectivity index (χ1v) is 14.2. The van der Waals surface area contributed by atoms with E-state index >= 15 is 0 Å². The number of ether oxygens (including phenoxy) is 4. The van der Waals surface area contributed by atoms with E-state index in [0.29, 0.717) is 43.1 Å². The van der Waals surface area contributed by atoms with Crippen molar-refractivity contribution in [1.29, 1.82) is 0 Å². The molecule has 224 valence electrons. The van der Waals surface area contributed by atoms with Gasteiger partial charge in [0.1, 0.15) is 9.84 Å². The smallest absolute Gasteiger partial charge is 0.170 e. The van der Waals surface area contributed by atoms with E-state index in [4.69, 9.17) is 44.1 Å².